The first-order valence-electron chi connectivity index (χ1n) is 6.05. The van der Waals surface area contributed by atoms with E-state index in [0.717, 1.165) is 9.75 Å². The van der Waals surface area contributed by atoms with Crippen LogP contribution in [0.1, 0.15) is 16.2 Å². The Balaban J connectivity index is 1.79. The minimum absolute atomic E-state index is 0.0730. The molecule has 0 atom stereocenters. The van der Waals surface area contributed by atoms with E-state index in [1.54, 1.807) is 0 Å². The molecule has 0 aliphatic carbocycles. The number of nitrogens with one attached hydrogen (secondary N) is 1. The van der Waals surface area contributed by atoms with Gasteiger partial charge < -0.3 is 10.4 Å². The van der Waals surface area contributed by atoms with Crippen molar-refractivity contribution in [2.24, 2.45) is 0 Å². The van der Waals surface area contributed by atoms with E-state index in [0.29, 0.717) is 13.0 Å². The van der Waals surface area contributed by atoms with Gasteiger partial charge in [-0.25, -0.2) is 9.67 Å². The van der Waals surface area contributed by atoms with Gasteiger partial charge >= 0.3 is 0 Å². The summed E-state index contributed by atoms with van der Waals surface area (Å²) < 4.78 is 1.47. The average Bonchev–Trinajstić information content (AvgIpc) is 3.08. The zero-order chi connectivity index (χ0) is 14.2. The second-order valence-corrected chi connectivity index (χ2v) is 5.08. The van der Waals surface area contributed by atoms with Gasteiger partial charge in [0.2, 0.25) is 5.91 Å². The van der Waals surface area contributed by atoms with Crippen molar-refractivity contribution in [2.45, 2.75) is 19.5 Å². The van der Waals surface area contributed by atoms with Crippen LogP contribution in [-0.4, -0.2) is 32.4 Å². The highest BCUT2D eigenvalue weighted by Crippen LogP contribution is 2.15. The normalized spacial score (nSPS) is 9.85. The van der Waals surface area contributed by atoms with Crippen molar-refractivity contribution in [3.8, 4) is 11.8 Å². The topological polar surface area (TPSA) is 80.0 Å². The van der Waals surface area contributed by atoms with Crippen LogP contribution in [0.2, 0.25) is 0 Å². The van der Waals surface area contributed by atoms with E-state index < -0.39 is 0 Å². The summed E-state index contributed by atoms with van der Waals surface area (Å²) >= 11 is 1.53. The summed E-state index contributed by atoms with van der Waals surface area (Å²) in [6.45, 7) is 0.706. The molecule has 0 spiro atoms. The van der Waals surface area contributed by atoms with Gasteiger partial charge in [-0.05, 0) is 12.1 Å². The molecular weight excluding hydrogens is 276 g/mol. The maximum Gasteiger partial charge on any atom is 0.242 e. The SMILES string of the molecule is O=C(Cn1cncn1)NCc1ccc(C#CCCO)s1. The van der Waals surface area contributed by atoms with Gasteiger partial charge in [0.25, 0.3) is 0 Å². The first kappa shape index (κ1) is 14.2. The number of hydrogen-bond donors (Lipinski definition) is 2. The highest BCUT2D eigenvalue weighted by Gasteiger charge is 2.04. The van der Waals surface area contributed by atoms with Crippen molar-refractivity contribution >= 4 is 17.2 Å². The van der Waals surface area contributed by atoms with E-state index >= 15 is 0 Å². The van der Waals surface area contributed by atoms with Crippen LogP contribution >= 0.6 is 11.3 Å². The molecular formula is C13H14N4O2S. The third-order valence-electron chi connectivity index (χ3n) is 2.34. The molecule has 6 nitrogen and oxygen atoms in total. The Kier molecular flexibility index (Phi) is 5.29. The summed E-state index contributed by atoms with van der Waals surface area (Å²) in [5.41, 5.74) is 0. The Bertz CT molecular complexity index is 610. The van der Waals surface area contributed by atoms with Crippen LogP contribution in [0.15, 0.2) is 24.8 Å². The molecule has 2 aromatic rings. The van der Waals surface area contributed by atoms with E-state index in [4.69, 9.17) is 5.11 Å². The zero-order valence-corrected chi connectivity index (χ0v) is 11.6. The number of hydrogen-bond acceptors (Lipinski definition) is 5. The Morgan fingerprint density at radius 2 is 2.40 bits per heavy atom. The lowest BCUT2D eigenvalue weighted by Crippen LogP contribution is -2.26. The van der Waals surface area contributed by atoms with Gasteiger partial charge in [0, 0.05) is 11.3 Å². The third-order valence-corrected chi connectivity index (χ3v) is 3.34. The molecule has 104 valence electrons. The maximum atomic E-state index is 11.7. The lowest BCUT2D eigenvalue weighted by atomic mass is 10.4. The van der Waals surface area contributed by atoms with Crippen molar-refractivity contribution < 1.29 is 9.90 Å². The Morgan fingerprint density at radius 3 is 3.15 bits per heavy atom. The number of aromatic nitrogens is 3. The van der Waals surface area contributed by atoms with Crippen LogP contribution in [-0.2, 0) is 17.9 Å². The smallest absolute Gasteiger partial charge is 0.242 e. The summed E-state index contributed by atoms with van der Waals surface area (Å²) in [6.07, 6.45) is 3.37. The molecule has 7 heteroatoms. The van der Waals surface area contributed by atoms with Crippen LogP contribution in [0.5, 0.6) is 0 Å². The predicted molar refractivity (Wildman–Crippen MR) is 74.8 cm³/mol. The summed E-state index contributed by atoms with van der Waals surface area (Å²) in [5, 5.41) is 15.3. The summed E-state index contributed by atoms with van der Waals surface area (Å²) in [6, 6.07) is 3.84. The molecule has 2 heterocycles. The summed E-state index contributed by atoms with van der Waals surface area (Å²) in [4.78, 5) is 17.4. The van der Waals surface area contributed by atoms with Gasteiger partial charge in [-0.15, -0.1) is 11.3 Å². The molecule has 0 saturated heterocycles. The number of nitrogens with zero attached hydrogens (tertiary/aromatic N) is 3. The highest BCUT2D eigenvalue weighted by atomic mass is 32.1. The molecule has 0 unspecified atom stereocenters. The quantitative estimate of drug-likeness (QED) is 0.781. The molecule has 0 aliphatic rings. The Morgan fingerprint density at radius 1 is 1.50 bits per heavy atom. The minimum Gasteiger partial charge on any atom is -0.395 e. The van der Waals surface area contributed by atoms with Crippen LogP contribution in [0.3, 0.4) is 0 Å². The standard InChI is InChI=1S/C13H14N4O2S/c18-6-2-1-3-11-4-5-12(20-11)7-15-13(19)8-17-10-14-9-16-17/h4-5,9-10,18H,2,6-8H2,(H,15,19). The molecule has 20 heavy (non-hydrogen) atoms. The number of rotatable bonds is 5. The lowest BCUT2D eigenvalue weighted by Gasteiger charge is -2.02. The van der Waals surface area contributed by atoms with E-state index in [1.165, 1.54) is 28.7 Å². The van der Waals surface area contributed by atoms with Crippen molar-refractivity contribution in [3.05, 3.63) is 34.5 Å². The molecule has 2 N–H and O–H groups in total. The van der Waals surface area contributed by atoms with Crippen molar-refractivity contribution in [1.29, 1.82) is 0 Å². The molecule has 0 aliphatic heterocycles. The van der Waals surface area contributed by atoms with E-state index in [-0.39, 0.29) is 19.1 Å². The molecule has 0 saturated carbocycles. The minimum atomic E-state index is -0.114. The first-order valence-corrected chi connectivity index (χ1v) is 6.87. The molecule has 0 bridgehead atoms. The van der Waals surface area contributed by atoms with Crippen molar-refractivity contribution in [2.75, 3.05) is 6.61 Å². The second kappa shape index (κ2) is 7.43. The molecule has 0 fully saturated rings. The van der Waals surface area contributed by atoms with Crippen LogP contribution < -0.4 is 5.32 Å². The zero-order valence-electron chi connectivity index (χ0n) is 10.7. The number of aliphatic hydroxyl groups is 1. The van der Waals surface area contributed by atoms with Crippen LogP contribution in [0.25, 0.3) is 0 Å². The van der Waals surface area contributed by atoms with Gasteiger partial charge in [-0.1, -0.05) is 11.8 Å². The Labute approximate surface area is 120 Å². The third kappa shape index (κ3) is 4.50. The van der Waals surface area contributed by atoms with Crippen molar-refractivity contribution in [1.82, 2.24) is 20.1 Å². The number of carbonyl (C=O) groups excluding carboxylic acids is 1. The first-order chi connectivity index (χ1) is 9.78. The van der Waals surface area contributed by atoms with Crippen molar-refractivity contribution in [3.63, 3.8) is 0 Å². The van der Waals surface area contributed by atoms with Crippen LogP contribution in [0.4, 0.5) is 0 Å². The lowest BCUT2D eigenvalue weighted by molar-refractivity contribution is -0.122. The van der Waals surface area contributed by atoms with Gasteiger partial charge in [-0.3, -0.25) is 4.79 Å². The largest absolute Gasteiger partial charge is 0.395 e. The maximum absolute atomic E-state index is 11.7. The fourth-order valence-corrected chi connectivity index (χ4v) is 2.27. The molecule has 1 amide bonds. The monoisotopic (exact) mass is 290 g/mol. The van der Waals surface area contributed by atoms with Gasteiger partial charge in [0.15, 0.2) is 0 Å². The molecule has 0 radical (unpaired) electrons. The number of amides is 1. The Hall–Kier alpha value is -2.17. The predicted octanol–water partition coefficient (Wildman–Crippen LogP) is 0.390. The van der Waals surface area contributed by atoms with Gasteiger partial charge in [0.05, 0.1) is 18.0 Å². The van der Waals surface area contributed by atoms with Gasteiger partial charge in [-0.2, -0.15) is 5.10 Å². The second-order valence-electron chi connectivity index (χ2n) is 3.91. The van der Waals surface area contributed by atoms with E-state index in [1.807, 2.05) is 12.1 Å². The molecule has 2 aromatic heterocycles. The number of thiophene rings is 1. The number of aliphatic hydroxyl groups excluding tert-OH is 1. The summed E-state index contributed by atoms with van der Waals surface area (Å²) in [5.74, 6) is 5.71. The van der Waals surface area contributed by atoms with Gasteiger partial charge in [0.1, 0.15) is 19.2 Å². The van der Waals surface area contributed by atoms with E-state index in [2.05, 4.69) is 27.2 Å². The van der Waals surface area contributed by atoms with E-state index in [9.17, 15) is 4.79 Å². The summed E-state index contributed by atoms with van der Waals surface area (Å²) in [7, 11) is 0. The molecule has 2 rings (SSSR count). The molecule has 0 aromatic carbocycles. The fraction of sp³-hybridized carbons (Fsp3) is 0.308. The highest BCUT2D eigenvalue weighted by molar-refractivity contribution is 7.12. The average molecular weight is 290 g/mol. The number of carbonyl (C=O) groups is 1. The van der Waals surface area contributed by atoms with Crippen LogP contribution in [0, 0.1) is 11.8 Å². The fourth-order valence-electron chi connectivity index (χ4n) is 1.45.